The fourth-order valence-corrected chi connectivity index (χ4v) is 1.85. The summed E-state index contributed by atoms with van der Waals surface area (Å²) in [7, 11) is 1.07. The topological polar surface area (TPSA) is 38.3 Å². The van der Waals surface area contributed by atoms with E-state index < -0.39 is 10.8 Å². The molecular weight excluding hydrogens is 198 g/mol. The molecule has 14 heavy (non-hydrogen) atoms. The standard InChI is InChI=1S/C10H23NO2S/c1-10(6-9-14(3)12)11-7-4-5-8-13-2/h10-11H,4-9H2,1-3H3. The van der Waals surface area contributed by atoms with Gasteiger partial charge in [-0.3, -0.25) is 4.21 Å². The van der Waals surface area contributed by atoms with Crippen LogP contribution in [0.25, 0.3) is 0 Å². The molecule has 0 bridgehead atoms. The normalized spacial score (nSPS) is 15.4. The Morgan fingerprint density at radius 2 is 2.14 bits per heavy atom. The van der Waals surface area contributed by atoms with Crippen molar-refractivity contribution < 1.29 is 8.95 Å². The van der Waals surface area contributed by atoms with E-state index in [9.17, 15) is 4.21 Å². The van der Waals surface area contributed by atoms with Crippen molar-refractivity contribution in [2.45, 2.75) is 32.2 Å². The number of hydrogen-bond acceptors (Lipinski definition) is 3. The maximum absolute atomic E-state index is 10.8. The van der Waals surface area contributed by atoms with Crippen LogP contribution in [0.5, 0.6) is 0 Å². The number of methoxy groups -OCH3 is 1. The maximum Gasteiger partial charge on any atom is 0.0462 e. The number of ether oxygens (including phenoxy) is 1. The number of hydrogen-bond donors (Lipinski definition) is 1. The molecule has 0 aliphatic carbocycles. The van der Waals surface area contributed by atoms with E-state index in [1.165, 1.54) is 0 Å². The fraction of sp³-hybridized carbons (Fsp3) is 1.00. The number of nitrogens with one attached hydrogen (secondary N) is 1. The lowest BCUT2D eigenvalue weighted by Gasteiger charge is -2.12. The third kappa shape index (κ3) is 10.2. The molecule has 0 radical (unpaired) electrons. The molecule has 0 amide bonds. The molecule has 0 saturated carbocycles. The van der Waals surface area contributed by atoms with Crippen LogP contribution in [-0.2, 0) is 15.5 Å². The van der Waals surface area contributed by atoms with E-state index >= 15 is 0 Å². The van der Waals surface area contributed by atoms with Crippen molar-refractivity contribution in [2.75, 3.05) is 32.3 Å². The van der Waals surface area contributed by atoms with E-state index in [1.807, 2.05) is 0 Å². The summed E-state index contributed by atoms with van der Waals surface area (Å²) in [5.41, 5.74) is 0. The first-order valence-corrected chi connectivity index (χ1v) is 6.92. The average Bonchev–Trinajstić information content (AvgIpc) is 2.14. The molecule has 0 aromatic rings. The monoisotopic (exact) mass is 221 g/mol. The molecule has 2 atom stereocenters. The smallest absolute Gasteiger partial charge is 0.0462 e. The van der Waals surface area contributed by atoms with Gasteiger partial charge in [0.2, 0.25) is 0 Å². The van der Waals surface area contributed by atoms with Gasteiger partial charge in [0.25, 0.3) is 0 Å². The molecular formula is C10H23NO2S. The molecule has 0 fully saturated rings. The van der Waals surface area contributed by atoms with Crippen LogP contribution in [-0.4, -0.2) is 42.5 Å². The lowest BCUT2D eigenvalue weighted by molar-refractivity contribution is 0.192. The Kier molecular flexibility index (Phi) is 9.67. The Labute approximate surface area is 90.1 Å². The zero-order valence-corrected chi connectivity index (χ0v) is 10.4. The predicted octanol–water partition coefficient (Wildman–Crippen LogP) is 1.16. The molecule has 4 heteroatoms. The highest BCUT2D eigenvalue weighted by molar-refractivity contribution is 7.84. The summed E-state index contributed by atoms with van der Waals surface area (Å²) < 4.78 is 15.8. The molecule has 0 rings (SSSR count). The van der Waals surface area contributed by atoms with Gasteiger partial charge in [-0.2, -0.15) is 0 Å². The fourth-order valence-electron chi connectivity index (χ4n) is 1.16. The summed E-state index contributed by atoms with van der Waals surface area (Å²) >= 11 is 0. The van der Waals surface area contributed by atoms with E-state index in [0.29, 0.717) is 6.04 Å². The highest BCUT2D eigenvalue weighted by atomic mass is 32.2. The van der Waals surface area contributed by atoms with E-state index in [-0.39, 0.29) is 0 Å². The Morgan fingerprint density at radius 1 is 1.43 bits per heavy atom. The van der Waals surface area contributed by atoms with Crippen molar-refractivity contribution in [2.24, 2.45) is 0 Å². The SMILES string of the molecule is COCCCCNC(C)CCS(C)=O. The van der Waals surface area contributed by atoms with E-state index in [2.05, 4.69) is 12.2 Å². The van der Waals surface area contributed by atoms with Crippen LogP contribution in [0.3, 0.4) is 0 Å². The van der Waals surface area contributed by atoms with Gasteiger partial charge in [-0.1, -0.05) is 0 Å². The van der Waals surface area contributed by atoms with Gasteiger partial charge in [-0.15, -0.1) is 0 Å². The molecule has 0 aliphatic heterocycles. The third-order valence-corrected chi connectivity index (χ3v) is 2.92. The lowest BCUT2D eigenvalue weighted by atomic mass is 10.2. The van der Waals surface area contributed by atoms with Crippen LogP contribution in [0.2, 0.25) is 0 Å². The Bertz CT molecular complexity index is 153. The average molecular weight is 221 g/mol. The predicted molar refractivity (Wildman–Crippen MR) is 62.1 cm³/mol. The highest BCUT2D eigenvalue weighted by Gasteiger charge is 2.01. The van der Waals surface area contributed by atoms with Gasteiger partial charge in [-0.25, -0.2) is 0 Å². The summed E-state index contributed by atoms with van der Waals surface area (Å²) in [6, 6.07) is 0.474. The third-order valence-electron chi connectivity index (χ3n) is 2.11. The molecule has 2 unspecified atom stereocenters. The molecule has 0 heterocycles. The minimum absolute atomic E-state index is 0.474. The minimum Gasteiger partial charge on any atom is -0.385 e. The molecule has 3 nitrogen and oxygen atoms in total. The van der Waals surface area contributed by atoms with Crippen molar-refractivity contribution in [1.82, 2.24) is 5.32 Å². The second kappa shape index (κ2) is 9.62. The van der Waals surface area contributed by atoms with Gasteiger partial charge in [0.05, 0.1) is 0 Å². The van der Waals surface area contributed by atoms with E-state index in [1.54, 1.807) is 13.4 Å². The van der Waals surface area contributed by atoms with Crippen LogP contribution in [0.4, 0.5) is 0 Å². The highest BCUT2D eigenvalue weighted by Crippen LogP contribution is 1.94. The molecule has 1 N–H and O–H groups in total. The minimum atomic E-state index is -0.657. The van der Waals surface area contributed by atoms with Crippen molar-refractivity contribution >= 4 is 10.8 Å². The van der Waals surface area contributed by atoms with Crippen molar-refractivity contribution in [1.29, 1.82) is 0 Å². The zero-order chi connectivity index (χ0) is 10.8. The van der Waals surface area contributed by atoms with Crippen LogP contribution in [0.1, 0.15) is 26.2 Å². The van der Waals surface area contributed by atoms with Crippen LogP contribution >= 0.6 is 0 Å². The number of unbranched alkanes of at least 4 members (excludes halogenated alkanes) is 1. The Balaban J connectivity index is 3.18. The van der Waals surface area contributed by atoms with Crippen LogP contribution in [0.15, 0.2) is 0 Å². The summed E-state index contributed by atoms with van der Waals surface area (Å²) in [6.07, 6.45) is 5.00. The van der Waals surface area contributed by atoms with Gasteiger partial charge in [0.1, 0.15) is 0 Å². The number of rotatable bonds is 9. The van der Waals surface area contributed by atoms with Crippen molar-refractivity contribution in [3.63, 3.8) is 0 Å². The van der Waals surface area contributed by atoms with Crippen LogP contribution in [0, 0.1) is 0 Å². The molecule has 0 aromatic carbocycles. The summed E-state index contributed by atoms with van der Waals surface area (Å²) in [5.74, 6) is 0.798. The maximum atomic E-state index is 10.8. The van der Waals surface area contributed by atoms with Crippen molar-refractivity contribution in [3.8, 4) is 0 Å². The molecule has 0 aromatic heterocycles. The summed E-state index contributed by atoms with van der Waals surface area (Å²) in [6.45, 7) is 4.01. The lowest BCUT2D eigenvalue weighted by Crippen LogP contribution is -2.28. The second-order valence-electron chi connectivity index (χ2n) is 3.62. The van der Waals surface area contributed by atoms with Gasteiger partial charge in [0, 0.05) is 42.6 Å². The van der Waals surface area contributed by atoms with Gasteiger partial charge < -0.3 is 10.1 Å². The molecule has 0 saturated heterocycles. The molecule has 0 spiro atoms. The Morgan fingerprint density at radius 3 is 2.71 bits per heavy atom. The first-order chi connectivity index (χ1) is 6.66. The van der Waals surface area contributed by atoms with Crippen molar-refractivity contribution in [3.05, 3.63) is 0 Å². The zero-order valence-electron chi connectivity index (χ0n) is 9.54. The van der Waals surface area contributed by atoms with E-state index in [0.717, 1.165) is 38.2 Å². The van der Waals surface area contributed by atoms with Crippen LogP contribution < -0.4 is 5.32 Å². The first kappa shape index (κ1) is 14.1. The molecule has 86 valence electrons. The van der Waals surface area contributed by atoms with E-state index in [4.69, 9.17) is 4.74 Å². The summed E-state index contributed by atoms with van der Waals surface area (Å²) in [4.78, 5) is 0. The molecule has 0 aliphatic rings. The second-order valence-corrected chi connectivity index (χ2v) is 5.18. The Hall–Kier alpha value is 0.0700. The largest absolute Gasteiger partial charge is 0.385 e. The van der Waals surface area contributed by atoms with Gasteiger partial charge in [0.15, 0.2) is 0 Å². The quantitative estimate of drug-likeness (QED) is 0.594. The van der Waals surface area contributed by atoms with Gasteiger partial charge >= 0.3 is 0 Å². The summed E-state index contributed by atoms with van der Waals surface area (Å²) in [5, 5.41) is 3.41. The van der Waals surface area contributed by atoms with Gasteiger partial charge in [-0.05, 0) is 32.7 Å². The first-order valence-electron chi connectivity index (χ1n) is 5.19.